The van der Waals surface area contributed by atoms with Gasteiger partial charge in [-0.3, -0.25) is 0 Å². The van der Waals surface area contributed by atoms with Crippen molar-refractivity contribution in [3.63, 3.8) is 0 Å². The molecule has 0 bridgehead atoms. The van der Waals surface area contributed by atoms with Crippen molar-refractivity contribution in [1.82, 2.24) is 0 Å². The molecule has 1 aliphatic carbocycles. The minimum Gasteiger partial charge on any atom is -0.231 e. The molecule has 126 valence electrons. The molecular formula is C17H34O4. The molecule has 1 aliphatic rings. The van der Waals surface area contributed by atoms with Gasteiger partial charge in [-0.2, -0.15) is 0 Å². The van der Waals surface area contributed by atoms with E-state index in [1.165, 1.54) is 0 Å². The Labute approximate surface area is 130 Å². The van der Waals surface area contributed by atoms with E-state index in [4.69, 9.17) is 19.6 Å². The maximum atomic E-state index is 5.73. The van der Waals surface area contributed by atoms with Crippen molar-refractivity contribution < 1.29 is 19.6 Å². The topological polar surface area (TPSA) is 36.9 Å². The van der Waals surface area contributed by atoms with Crippen molar-refractivity contribution in [2.24, 2.45) is 11.3 Å². The van der Waals surface area contributed by atoms with Crippen molar-refractivity contribution in [3.8, 4) is 0 Å². The van der Waals surface area contributed by atoms with Crippen molar-refractivity contribution in [2.45, 2.75) is 98.6 Å². The van der Waals surface area contributed by atoms with Gasteiger partial charge >= 0.3 is 0 Å². The molecule has 1 rings (SSSR count). The second-order valence-electron chi connectivity index (χ2n) is 9.14. The molecule has 4 heteroatoms. The van der Waals surface area contributed by atoms with Crippen molar-refractivity contribution in [2.75, 3.05) is 0 Å². The van der Waals surface area contributed by atoms with Gasteiger partial charge in [0.1, 0.15) is 12.2 Å². The van der Waals surface area contributed by atoms with E-state index in [9.17, 15) is 0 Å². The Hall–Kier alpha value is -0.160. The third-order valence-corrected chi connectivity index (χ3v) is 3.39. The molecule has 0 heterocycles. The van der Waals surface area contributed by atoms with Crippen LogP contribution in [0, 0.1) is 11.3 Å². The van der Waals surface area contributed by atoms with Crippen molar-refractivity contribution in [1.29, 1.82) is 0 Å². The molecule has 4 nitrogen and oxygen atoms in total. The fraction of sp³-hybridized carbons (Fsp3) is 1.00. The minimum atomic E-state index is -0.333. The monoisotopic (exact) mass is 302 g/mol. The van der Waals surface area contributed by atoms with E-state index in [1.54, 1.807) is 0 Å². The summed E-state index contributed by atoms with van der Waals surface area (Å²) >= 11 is 0. The van der Waals surface area contributed by atoms with E-state index in [0.29, 0.717) is 5.92 Å². The molecule has 1 saturated carbocycles. The summed E-state index contributed by atoms with van der Waals surface area (Å²) < 4.78 is 0. The first-order valence-corrected chi connectivity index (χ1v) is 7.98. The molecule has 0 aliphatic heterocycles. The highest BCUT2D eigenvalue weighted by Crippen LogP contribution is 2.42. The van der Waals surface area contributed by atoms with E-state index in [-0.39, 0.29) is 28.8 Å². The summed E-state index contributed by atoms with van der Waals surface area (Å²) in [6, 6.07) is 0. The van der Waals surface area contributed by atoms with Gasteiger partial charge in [0.05, 0.1) is 11.2 Å². The number of rotatable bonds is 4. The highest BCUT2D eigenvalue weighted by molar-refractivity contribution is 4.90. The summed E-state index contributed by atoms with van der Waals surface area (Å²) in [6.45, 7) is 18.6. The molecule has 0 aromatic carbocycles. The summed E-state index contributed by atoms with van der Waals surface area (Å²) in [5.41, 5.74) is -0.449. The highest BCUT2D eigenvalue weighted by atomic mass is 17.2. The Kier molecular flexibility index (Phi) is 5.87. The molecule has 0 aromatic heterocycles. The Morgan fingerprint density at radius 2 is 1.29 bits per heavy atom. The van der Waals surface area contributed by atoms with Crippen LogP contribution in [0.5, 0.6) is 0 Å². The average molecular weight is 302 g/mol. The molecule has 0 radical (unpaired) electrons. The van der Waals surface area contributed by atoms with Gasteiger partial charge in [-0.15, -0.1) is 0 Å². The third kappa shape index (κ3) is 7.09. The van der Waals surface area contributed by atoms with E-state index >= 15 is 0 Å². The van der Waals surface area contributed by atoms with Crippen LogP contribution in [-0.2, 0) is 19.6 Å². The number of hydrogen-bond donors (Lipinski definition) is 0. The summed E-state index contributed by atoms with van der Waals surface area (Å²) in [5.74, 6) is 0.352. The quantitative estimate of drug-likeness (QED) is 0.558. The van der Waals surface area contributed by atoms with Gasteiger partial charge in [-0.1, -0.05) is 20.8 Å². The molecule has 0 saturated heterocycles. The lowest BCUT2D eigenvalue weighted by Gasteiger charge is -2.43. The van der Waals surface area contributed by atoms with Gasteiger partial charge in [-0.25, -0.2) is 19.6 Å². The molecule has 0 spiro atoms. The first-order chi connectivity index (χ1) is 9.29. The smallest absolute Gasteiger partial charge is 0.125 e. The summed E-state index contributed by atoms with van der Waals surface area (Å²) in [4.78, 5) is 22.5. The normalized spacial score (nSPS) is 30.4. The van der Waals surface area contributed by atoms with Crippen LogP contribution in [0.4, 0.5) is 0 Å². The number of hydrogen-bond acceptors (Lipinski definition) is 4. The first kappa shape index (κ1) is 18.9. The second kappa shape index (κ2) is 6.53. The van der Waals surface area contributed by atoms with Crippen molar-refractivity contribution >= 4 is 0 Å². The highest BCUT2D eigenvalue weighted by Gasteiger charge is 2.43. The average Bonchev–Trinajstić information content (AvgIpc) is 2.20. The Bertz CT molecular complexity index is 325. The zero-order chi connectivity index (χ0) is 16.5. The van der Waals surface area contributed by atoms with Crippen LogP contribution in [0.25, 0.3) is 0 Å². The Balaban J connectivity index is 2.73. The molecule has 1 fully saturated rings. The Morgan fingerprint density at radius 3 is 1.76 bits per heavy atom. The maximum Gasteiger partial charge on any atom is 0.125 e. The molecule has 0 N–H and O–H groups in total. The predicted molar refractivity (Wildman–Crippen MR) is 83.6 cm³/mol. The molecule has 21 heavy (non-hydrogen) atoms. The van der Waals surface area contributed by atoms with Crippen LogP contribution in [0.2, 0.25) is 0 Å². The van der Waals surface area contributed by atoms with Gasteiger partial charge in [0.2, 0.25) is 0 Å². The summed E-state index contributed by atoms with van der Waals surface area (Å²) in [5, 5.41) is 0. The fourth-order valence-electron chi connectivity index (χ4n) is 2.75. The first-order valence-electron chi connectivity index (χ1n) is 7.98. The maximum absolute atomic E-state index is 5.73. The van der Waals surface area contributed by atoms with Crippen LogP contribution in [-0.4, -0.2) is 23.4 Å². The lowest BCUT2D eigenvalue weighted by atomic mass is 9.70. The van der Waals surface area contributed by atoms with Crippen LogP contribution < -0.4 is 0 Å². The SMILES string of the molecule is CC1CC(C)(C)CC(OOC(C)(C)C)C1OOC(C)(C)C. The molecular weight excluding hydrogens is 268 g/mol. The lowest BCUT2D eigenvalue weighted by molar-refractivity contribution is -0.443. The van der Waals surface area contributed by atoms with Gasteiger partial charge in [0.15, 0.2) is 0 Å². The second-order valence-corrected chi connectivity index (χ2v) is 9.14. The molecule has 3 unspecified atom stereocenters. The van der Waals surface area contributed by atoms with E-state index in [2.05, 4.69) is 20.8 Å². The van der Waals surface area contributed by atoms with Gasteiger partial charge in [-0.05, 0) is 65.7 Å². The fourth-order valence-corrected chi connectivity index (χ4v) is 2.75. The summed E-state index contributed by atoms with van der Waals surface area (Å²) in [6.07, 6.45) is 1.75. The largest absolute Gasteiger partial charge is 0.231 e. The molecule has 0 amide bonds. The van der Waals surface area contributed by atoms with Crippen LogP contribution in [0.3, 0.4) is 0 Å². The van der Waals surface area contributed by atoms with Crippen molar-refractivity contribution in [3.05, 3.63) is 0 Å². The predicted octanol–water partition coefficient (Wildman–Crippen LogP) is 4.67. The van der Waals surface area contributed by atoms with E-state index in [1.807, 2.05) is 41.5 Å². The molecule has 0 aromatic rings. The van der Waals surface area contributed by atoms with E-state index in [0.717, 1.165) is 12.8 Å². The Morgan fingerprint density at radius 1 is 0.810 bits per heavy atom. The third-order valence-electron chi connectivity index (χ3n) is 3.39. The van der Waals surface area contributed by atoms with Gasteiger partial charge in [0.25, 0.3) is 0 Å². The van der Waals surface area contributed by atoms with Crippen LogP contribution in [0.1, 0.15) is 75.2 Å². The minimum absolute atomic E-state index is 0.111. The summed E-state index contributed by atoms with van der Waals surface area (Å²) in [7, 11) is 0. The molecule has 3 atom stereocenters. The van der Waals surface area contributed by atoms with Crippen LogP contribution in [0.15, 0.2) is 0 Å². The van der Waals surface area contributed by atoms with E-state index < -0.39 is 0 Å². The van der Waals surface area contributed by atoms with Gasteiger partial charge in [0, 0.05) is 0 Å². The van der Waals surface area contributed by atoms with Crippen LogP contribution >= 0.6 is 0 Å². The zero-order valence-corrected chi connectivity index (χ0v) is 15.3. The van der Waals surface area contributed by atoms with Gasteiger partial charge < -0.3 is 0 Å². The lowest BCUT2D eigenvalue weighted by Crippen LogP contribution is -2.47. The zero-order valence-electron chi connectivity index (χ0n) is 15.3. The standard InChI is InChI=1S/C17H34O4/c1-12-10-17(8,9)11-13(18-20-15(2,3)4)14(12)19-21-16(5,6)7/h12-14H,10-11H2,1-9H3.